The van der Waals surface area contributed by atoms with E-state index in [0.29, 0.717) is 6.07 Å². The van der Waals surface area contributed by atoms with Crippen LogP contribution in [0.3, 0.4) is 0 Å². The van der Waals surface area contributed by atoms with Gasteiger partial charge in [-0.05, 0) is 18.2 Å². The Morgan fingerprint density at radius 3 is 2.67 bits per heavy atom. The van der Waals surface area contributed by atoms with Crippen molar-refractivity contribution in [3.63, 3.8) is 0 Å². The van der Waals surface area contributed by atoms with Gasteiger partial charge in [0.2, 0.25) is 11.7 Å². The number of halogens is 3. The summed E-state index contributed by atoms with van der Waals surface area (Å²) in [6.07, 6.45) is -5.13. The lowest BCUT2D eigenvalue weighted by Crippen LogP contribution is -2.12. The van der Waals surface area contributed by atoms with Crippen LogP contribution in [-0.4, -0.2) is 5.91 Å². The zero-order valence-corrected chi connectivity index (χ0v) is 10.3. The highest BCUT2D eigenvalue weighted by atomic mass is 19.4. The molecule has 0 saturated heterocycles. The molecule has 1 aromatic carbocycles. The predicted octanol–water partition coefficient (Wildman–Crippen LogP) is 2.66. The van der Waals surface area contributed by atoms with E-state index in [1.807, 2.05) is 0 Å². The quantitative estimate of drug-likeness (QED) is 0.923. The Bertz CT molecular complexity index is 803. The van der Waals surface area contributed by atoms with Gasteiger partial charge >= 0.3 is 6.18 Å². The third kappa shape index (κ3) is 3.20. The van der Waals surface area contributed by atoms with Crippen molar-refractivity contribution in [3.05, 3.63) is 40.2 Å². The normalized spacial score (nSPS) is 11.1. The van der Waals surface area contributed by atoms with E-state index in [1.54, 1.807) is 6.07 Å². The molecule has 21 heavy (non-hydrogen) atoms. The van der Waals surface area contributed by atoms with E-state index < -0.39 is 23.3 Å². The lowest BCUT2D eigenvalue weighted by molar-refractivity contribution is -0.152. The number of hydrogen-bond donors (Lipinski definition) is 1. The second-order valence-electron chi connectivity index (χ2n) is 4.07. The molecule has 1 aromatic heterocycles. The average molecular weight is 296 g/mol. The maximum atomic E-state index is 12.5. The Labute approximate surface area is 115 Å². The number of hydrogen-bond acceptors (Lipinski definition) is 4. The van der Waals surface area contributed by atoms with Crippen molar-refractivity contribution in [1.29, 1.82) is 5.26 Å². The zero-order chi connectivity index (χ0) is 15.6. The van der Waals surface area contributed by atoms with Crippen LogP contribution >= 0.6 is 0 Å². The second-order valence-corrected chi connectivity index (χ2v) is 4.07. The molecule has 1 heterocycles. The molecule has 0 aliphatic rings. The molecule has 0 spiro atoms. The number of benzene rings is 1. The van der Waals surface area contributed by atoms with Gasteiger partial charge in [0.1, 0.15) is 12.0 Å². The molecule has 2 aromatic rings. The molecule has 0 fully saturated rings. The number of nitriles is 1. The van der Waals surface area contributed by atoms with Gasteiger partial charge in [-0.25, -0.2) is 0 Å². The fourth-order valence-electron chi connectivity index (χ4n) is 1.65. The zero-order valence-electron chi connectivity index (χ0n) is 10.3. The summed E-state index contributed by atoms with van der Waals surface area (Å²) in [6, 6.07) is 5.61. The van der Waals surface area contributed by atoms with Crippen molar-refractivity contribution in [3.8, 4) is 6.07 Å². The summed E-state index contributed by atoms with van der Waals surface area (Å²) in [5.41, 5.74) is -0.928. The SMILES string of the molecule is N#CCC(=O)Nc1ccc2oc(C(F)(F)F)cc(=O)c2c1. The minimum atomic E-state index is -4.76. The summed E-state index contributed by atoms with van der Waals surface area (Å²) >= 11 is 0. The average Bonchev–Trinajstić information content (AvgIpc) is 2.38. The first-order valence-corrected chi connectivity index (χ1v) is 5.63. The van der Waals surface area contributed by atoms with Crippen molar-refractivity contribution in [1.82, 2.24) is 0 Å². The largest absolute Gasteiger partial charge is 0.451 e. The van der Waals surface area contributed by atoms with E-state index >= 15 is 0 Å². The number of carbonyl (C=O) groups is 1. The van der Waals surface area contributed by atoms with Crippen LogP contribution in [0.15, 0.2) is 33.5 Å². The second kappa shape index (κ2) is 5.28. The van der Waals surface area contributed by atoms with Crippen LogP contribution in [0, 0.1) is 11.3 Å². The number of nitrogens with zero attached hydrogens (tertiary/aromatic N) is 1. The van der Waals surface area contributed by atoms with Crippen LogP contribution < -0.4 is 10.7 Å². The number of carbonyl (C=O) groups excluding carboxylic acids is 1. The maximum absolute atomic E-state index is 12.5. The summed E-state index contributed by atoms with van der Waals surface area (Å²) in [5, 5.41) is 10.6. The predicted molar refractivity (Wildman–Crippen MR) is 66.3 cm³/mol. The fourth-order valence-corrected chi connectivity index (χ4v) is 1.65. The van der Waals surface area contributed by atoms with E-state index in [1.165, 1.54) is 12.1 Å². The van der Waals surface area contributed by atoms with E-state index in [9.17, 15) is 22.8 Å². The Balaban J connectivity index is 2.46. The molecular weight excluding hydrogens is 289 g/mol. The highest BCUT2D eigenvalue weighted by Crippen LogP contribution is 2.30. The van der Waals surface area contributed by atoms with E-state index in [-0.39, 0.29) is 23.1 Å². The molecule has 0 atom stereocenters. The van der Waals surface area contributed by atoms with Gasteiger partial charge in [-0.1, -0.05) is 0 Å². The summed E-state index contributed by atoms with van der Waals surface area (Å²) in [4.78, 5) is 22.9. The highest BCUT2D eigenvalue weighted by molar-refractivity contribution is 5.94. The fraction of sp³-hybridized carbons (Fsp3) is 0.154. The number of alkyl halides is 3. The van der Waals surface area contributed by atoms with Crippen LogP contribution in [0.25, 0.3) is 11.0 Å². The first-order valence-electron chi connectivity index (χ1n) is 5.63. The highest BCUT2D eigenvalue weighted by Gasteiger charge is 2.34. The molecule has 108 valence electrons. The molecule has 8 heteroatoms. The van der Waals surface area contributed by atoms with Gasteiger partial charge in [-0.3, -0.25) is 9.59 Å². The molecule has 0 aliphatic heterocycles. The number of amides is 1. The molecule has 1 N–H and O–H groups in total. The van der Waals surface area contributed by atoms with E-state index in [0.717, 1.165) is 6.07 Å². The van der Waals surface area contributed by atoms with Crippen LogP contribution in [0.1, 0.15) is 12.2 Å². The summed E-state index contributed by atoms with van der Waals surface area (Å²) in [5.74, 6) is -1.98. The Morgan fingerprint density at radius 1 is 1.33 bits per heavy atom. The number of fused-ring (bicyclic) bond motifs is 1. The van der Waals surface area contributed by atoms with Gasteiger partial charge < -0.3 is 9.73 Å². The molecule has 1 amide bonds. The Kier molecular flexibility index (Phi) is 3.67. The summed E-state index contributed by atoms with van der Waals surface area (Å²) < 4.78 is 42.2. The number of anilines is 1. The molecular formula is C13H7F3N2O3. The van der Waals surface area contributed by atoms with Gasteiger partial charge in [0.05, 0.1) is 11.5 Å². The molecule has 0 aliphatic carbocycles. The Hall–Kier alpha value is -2.82. The molecule has 0 radical (unpaired) electrons. The maximum Gasteiger partial charge on any atom is 0.449 e. The van der Waals surface area contributed by atoms with Crippen molar-refractivity contribution in [2.24, 2.45) is 0 Å². The van der Waals surface area contributed by atoms with Gasteiger partial charge in [0.15, 0.2) is 5.43 Å². The van der Waals surface area contributed by atoms with Gasteiger partial charge in [-0.15, -0.1) is 0 Å². The monoisotopic (exact) mass is 296 g/mol. The lowest BCUT2D eigenvalue weighted by atomic mass is 10.2. The summed E-state index contributed by atoms with van der Waals surface area (Å²) in [7, 11) is 0. The third-order valence-electron chi connectivity index (χ3n) is 2.53. The first kappa shape index (κ1) is 14.6. The minimum Gasteiger partial charge on any atom is -0.451 e. The molecule has 0 unspecified atom stereocenters. The lowest BCUT2D eigenvalue weighted by Gasteiger charge is -2.07. The van der Waals surface area contributed by atoms with Crippen molar-refractivity contribution in [2.45, 2.75) is 12.6 Å². The van der Waals surface area contributed by atoms with Gasteiger partial charge in [0.25, 0.3) is 0 Å². The topological polar surface area (TPSA) is 83.1 Å². The van der Waals surface area contributed by atoms with Crippen molar-refractivity contribution >= 4 is 22.6 Å². The summed E-state index contributed by atoms with van der Waals surface area (Å²) in [6.45, 7) is 0. The third-order valence-corrected chi connectivity index (χ3v) is 2.53. The van der Waals surface area contributed by atoms with E-state index in [4.69, 9.17) is 5.26 Å². The Morgan fingerprint density at radius 2 is 2.05 bits per heavy atom. The van der Waals surface area contributed by atoms with Crippen LogP contribution in [0.5, 0.6) is 0 Å². The number of nitrogens with one attached hydrogen (secondary N) is 1. The van der Waals surface area contributed by atoms with E-state index in [2.05, 4.69) is 9.73 Å². The molecule has 5 nitrogen and oxygen atoms in total. The number of rotatable bonds is 2. The van der Waals surface area contributed by atoms with Crippen molar-refractivity contribution in [2.75, 3.05) is 5.32 Å². The van der Waals surface area contributed by atoms with Gasteiger partial charge in [-0.2, -0.15) is 18.4 Å². The van der Waals surface area contributed by atoms with Crippen LogP contribution in [-0.2, 0) is 11.0 Å². The smallest absolute Gasteiger partial charge is 0.449 e. The van der Waals surface area contributed by atoms with Crippen LogP contribution in [0.2, 0.25) is 0 Å². The first-order chi connectivity index (χ1) is 9.81. The van der Waals surface area contributed by atoms with Gasteiger partial charge in [0, 0.05) is 11.8 Å². The minimum absolute atomic E-state index is 0.0993. The molecule has 0 saturated carbocycles. The molecule has 0 bridgehead atoms. The van der Waals surface area contributed by atoms with Crippen LogP contribution in [0.4, 0.5) is 18.9 Å². The van der Waals surface area contributed by atoms with Crippen molar-refractivity contribution < 1.29 is 22.4 Å². The standard InChI is InChI=1S/C13H7F3N2O3/c14-13(15,16)11-6-9(19)8-5-7(1-2-10(8)21-11)18-12(20)3-4-17/h1-2,5-6H,3H2,(H,18,20). The molecule has 2 rings (SSSR count).